The summed E-state index contributed by atoms with van der Waals surface area (Å²) in [6.45, 7) is 1.55. The lowest BCUT2D eigenvalue weighted by Gasteiger charge is -2.10. The fraction of sp³-hybridized carbons (Fsp3) is 0.105. The van der Waals surface area contributed by atoms with Gasteiger partial charge in [-0.15, -0.1) is 0 Å². The van der Waals surface area contributed by atoms with Crippen molar-refractivity contribution in [1.29, 1.82) is 5.26 Å². The number of nitriles is 1. The highest BCUT2D eigenvalue weighted by Gasteiger charge is 2.13. The third-order valence-electron chi connectivity index (χ3n) is 3.40. The predicted molar refractivity (Wildman–Crippen MR) is 102 cm³/mol. The van der Waals surface area contributed by atoms with Gasteiger partial charge in [-0.1, -0.05) is 34.1 Å². The van der Waals surface area contributed by atoms with Crippen molar-refractivity contribution in [2.75, 3.05) is 11.9 Å². The number of hydrogen-bond acceptors (Lipinski definition) is 4. The number of hydrogen-bond donors (Lipinski definition) is 2. The van der Waals surface area contributed by atoms with Gasteiger partial charge in [0.2, 0.25) is 0 Å². The second-order valence-corrected chi connectivity index (χ2v) is 6.29. The molecule has 0 heterocycles. The Labute approximate surface area is 159 Å². The molecule has 2 aromatic rings. The minimum absolute atomic E-state index is 0.102. The van der Waals surface area contributed by atoms with E-state index in [9.17, 15) is 14.9 Å². The van der Waals surface area contributed by atoms with Crippen molar-refractivity contribution in [3.63, 3.8) is 0 Å². The van der Waals surface area contributed by atoms with Gasteiger partial charge in [0.25, 0.3) is 11.8 Å². The van der Waals surface area contributed by atoms with Crippen LogP contribution >= 0.6 is 15.9 Å². The fourth-order valence-corrected chi connectivity index (χ4v) is 2.50. The Kier molecular flexibility index (Phi) is 6.53. The lowest BCUT2D eigenvalue weighted by molar-refractivity contribution is -0.120. The van der Waals surface area contributed by atoms with Gasteiger partial charge < -0.3 is 15.8 Å². The molecule has 26 heavy (non-hydrogen) atoms. The quantitative estimate of drug-likeness (QED) is 0.560. The van der Waals surface area contributed by atoms with E-state index in [2.05, 4.69) is 21.2 Å². The predicted octanol–water partition coefficient (Wildman–Crippen LogP) is 3.17. The summed E-state index contributed by atoms with van der Waals surface area (Å²) in [6, 6.07) is 14.2. The normalized spacial score (nSPS) is 10.7. The molecular weight excluding hydrogens is 398 g/mol. The number of nitrogens with one attached hydrogen (secondary N) is 1. The van der Waals surface area contributed by atoms with E-state index in [0.29, 0.717) is 17.0 Å². The van der Waals surface area contributed by atoms with Crippen molar-refractivity contribution in [3.8, 4) is 11.8 Å². The van der Waals surface area contributed by atoms with Crippen molar-refractivity contribution < 1.29 is 14.3 Å². The summed E-state index contributed by atoms with van der Waals surface area (Å²) in [5.41, 5.74) is 6.96. The molecule has 7 heteroatoms. The average Bonchev–Trinajstić information content (AvgIpc) is 2.60. The number of amides is 2. The van der Waals surface area contributed by atoms with Crippen LogP contribution in [0, 0.1) is 18.3 Å². The summed E-state index contributed by atoms with van der Waals surface area (Å²) < 4.78 is 6.06. The maximum absolute atomic E-state index is 12.4. The molecule has 0 saturated carbocycles. The summed E-state index contributed by atoms with van der Waals surface area (Å²) in [5.74, 6) is -0.827. The van der Waals surface area contributed by atoms with Gasteiger partial charge in [0.15, 0.2) is 6.61 Å². The van der Waals surface area contributed by atoms with E-state index in [4.69, 9.17) is 10.5 Å². The van der Waals surface area contributed by atoms with Gasteiger partial charge in [0.05, 0.1) is 0 Å². The number of aryl methyl sites for hydroxylation is 1. The second kappa shape index (κ2) is 8.83. The second-order valence-electron chi connectivity index (χ2n) is 5.38. The first-order chi connectivity index (χ1) is 12.4. The van der Waals surface area contributed by atoms with Crippen LogP contribution in [-0.4, -0.2) is 18.4 Å². The molecule has 0 aromatic heterocycles. The topological polar surface area (TPSA) is 105 Å². The lowest BCUT2D eigenvalue weighted by Crippen LogP contribution is -2.20. The zero-order chi connectivity index (χ0) is 19.1. The molecule has 0 bridgehead atoms. The Morgan fingerprint density at radius 2 is 2.04 bits per heavy atom. The summed E-state index contributed by atoms with van der Waals surface area (Å²) >= 11 is 3.33. The Morgan fingerprint density at radius 3 is 2.69 bits per heavy atom. The van der Waals surface area contributed by atoms with Gasteiger partial charge in [0.1, 0.15) is 17.4 Å². The Bertz CT molecular complexity index is 916. The van der Waals surface area contributed by atoms with Crippen LogP contribution in [-0.2, 0) is 9.59 Å². The van der Waals surface area contributed by atoms with Crippen molar-refractivity contribution >= 4 is 39.5 Å². The first kappa shape index (κ1) is 19.2. The molecule has 0 saturated heterocycles. The molecule has 2 rings (SSSR count). The lowest BCUT2D eigenvalue weighted by atomic mass is 10.1. The Morgan fingerprint density at radius 1 is 1.31 bits per heavy atom. The van der Waals surface area contributed by atoms with E-state index in [-0.39, 0.29) is 12.2 Å². The molecule has 132 valence electrons. The molecule has 0 radical (unpaired) electrons. The third-order valence-corrected chi connectivity index (χ3v) is 3.89. The number of primary amides is 1. The minimum atomic E-state index is -0.624. The van der Waals surface area contributed by atoms with E-state index in [1.165, 1.54) is 6.08 Å². The molecule has 2 amide bonds. The van der Waals surface area contributed by atoms with Crippen molar-refractivity contribution in [2.24, 2.45) is 5.73 Å². The number of para-hydroxylation sites is 1. The van der Waals surface area contributed by atoms with Crippen molar-refractivity contribution in [2.45, 2.75) is 6.92 Å². The Hall–Kier alpha value is -3.11. The third kappa shape index (κ3) is 5.19. The number of ether oxygens (including phenoxy) is 1. The van der Waals surface area contributed by atoms with E-state index < -0.39 is 11.8 Å². The summed E-state index contributed by atoms with van der Waals surface area (Å²) in [6.07, 6.45) is 1.40. The SMILES string of the molecule is Cc1ccccc1NC(=O)/C(C#N)=C/c1cc(Br)ccc1OCC(N)=O. The number of anilines is 1. The molecule has 0 aliphatic heterocycles. The van der Waals surface area contributed by atoms with E-state index >= 15 is 0 Å². The van der Waals surface area contributed by atoms with Crippen LogP contribution < -0.4 is 15.8 Å². The van der Waals surface area contributed by atoms with Crippen molar-refractivity contribution in [1.82, 2.24) is 0 Å². The number of nitrogens with zero attached hydrogens (tertiary/aromatic N) is 1. The van der Waals surface area contributed by atoms with E-state index in [1.807, 2.05) is 25.1 Å². The van der Waals surface area contributed by atoms with Crippen LogP contribution in [0.5, 0.6) is 5.75 Å². The molecule has 2 aromatic carbocycles. The maximum Gasteiger partial charge on any atom is 0.266 e. The zero-order valence-corrected chi connectivity index (χ0v) is 15.5. The van der Waals surface area contributed by atoms with E-state index in [0.717, 1.165) is 10.0 Å². The Balaban J connectivity index is 2.31. The van der Waals surface area contributed by atoms with Crippen LogP contribution in [0.25, 0.3) is 6.08 Å². The fourth-order valence-electron chi connectivity index (χ4n) is 2.12. The van der Waals surface area contributed by atoms with Gasteiger partial charge in [-0.25, -0.2) is 0 Å². The molecular formula is C19H16BrN3O3. The molecule has 0 unspecified atom stereocenters. The number of carbonyl (C=O) groups is 2. The molecule has 0 fully saturated rings. The van der Waals surface area contributed by atoms with E-state index in [1.54, 1.807) is 30.3 Å². The maximum atomic E-state index is 12.4. The molecule has 0 aliphatic carbocycles. The van der Waals surface area contributed by atoms with Crippen LogP contribution in [0.1, 0.15) is 11.1 Å². The molecule has 0 spiro atoms. The first-order valence-corrected chi connectivity index (χ1v) is 8.39. The van der Waals surface area contributed by atoms with Gasteiger partial charge in [0, 0.05) is 15.7 Å². The van der Waals surface area contributed by atoms with Gasteiger partial charge in [-0.3, -0.25) is 9.59 Å². The van der Waals surface area contributed by atoms with Crippen LogP contribution in [0.15, 0.2) is 52.5 Å². The van der Waals surface area contributed by atoms with Crippen LogP contribution in [0.2, 0.25) is 0 Å². The minimum Gasteiger partial charge on any atom is -0.483 e. The molecule has 0 atom stereocenters. The highest BCUT2D eigenvalue weighted by atomic mass is 79.9. The largest absolute Gasteiger partial charge is 0.483 e. The van der Waals surface area contributed by atoms with Crippen molar-refractivity contribution in [3.05, 3.63) is 63.6 Å². The highest BCUT2D eigenvalue weighted by Crippen LogP contribution is 2.26. The first-order valence-electron chi connectivity index (χ1n) is 7.60. The molecule has 3 N–H and O–H groups in total. The number of carbonyl (C=O) groups excluding carboxylic acids is 2. The van der Waals surface area contributed by atoms with Gasteiger partial charge in [-0.05, 0) is 42.8 Å². The summed E-state index contributed by atoms with van der Waals surface area (Å²) in [4.78, 5) is 23.4. The highest BCUT2D eigenvalue weighted by molar-refractivity contribution is 9.10. The number of halogens is 1. The average molecular weight is 414 g/mol. The van der Waals surface area contributed by atoms with Crippen LogP contribution in [0.4, 0.5) is 5.69 Å². The zero-order valence-electron chi connectivity index (χ0n) is 14.0. The number of rotatable bonds is 6. The molecule has 0 aliphatic rings. The smallest absolute Gasteiger partial charge is 0.266 e. The van der Waals surface area contributed by atoms with Gasteiger partial charge >= 0.3 is 0 Å². The van der Waals surface area contributed by atoms with Crippen LogP contribution in [0.3, 0.4) is 0 Å². The van der Waals surface area contributed by atoms with Gasteiger partial charge in [-0.2, -0.15) is 5.26 Å². The number of benzene rings is 2. The monoisotopic (exact) mass is 413 g/mol. The summed E-state index contributed by atoms with van der Waals surface area (Å²) in [5, 5.41) is 12.1. The summed E-state index contributed by atoms with van der Waals surface area (Å²) in [7, 11) is 0. The number of nitrogens with two attached hydrogens (primary N) is 1. The standard InChI is InChI=1S/C19H16BrN3O3/c1-12-4-2-3-5-16(12)23-19(25)14(10-21)8-13-9-15(20)6-7-17(13)26-11-18(22)24/h2-9H,11H2,1H3,(H2,22,24)(H,23,25)/b14-8+. The molecule has 6 nitrogen and oxygen atoms in total.